The summed E-state index contributed by atoms with van der Waals surface area (Å²) in [6.45, 7) is 8.37. The molecule has 2 aromatic rings. The summed E-state index contributed by atoms with van der Waals surface area (Å²) in [5, 5.41) is 6.11. The molecule has 1 saturated heterocycles. The van der Waals surface area contributed by atoms with E-state index in [1.165, 1.54) is 11.1 Å². The highest BCUT2D eigenvalue weighted by Gasteiger charge is 2.34. The second-order valence-corrected chi connectivity index (χ2v) is 8.26. The molecule has 3 N–H and O–H groups in total. The van der Waals surface area contributed by atoms with Crippen LogP contribution in [0.2, 0.25) is 0 Å². The van der Waals surface area contributed by atoms with E-state index in [4.69, 9.17) is 5.14 Å². The van der Waals surface area contributed by atoms with Crippen molar-refractivity contribution < 1.29 is 8.42 Å². The van der Waals surface area contributed by atoms with Gasteiger partial charge in [-0.3, -0.25) is 0 Å². The maximum Gasteiger partial charge on any atom is 0.274 e. The van der Waals surface area contributed by atoms with Crippen LogP contribution in [0.1, 0.15) is 24.5 Å². The SMILES string of the molecule is CCC(CNS(N)(=O)=O)C1CN(c2ncnc3cc(C)c(C)cc23)C1. The molecule has 1 aromatic heterocycles. The standard InChI is InChI=1S/C17H25N5O2S/c1-4-13(7-21-25(18,23)24)14-8-22(9-14)17-15-5-11(2)12(3)6-16(15)19-10-20-17/h5-6,10,13-14,21H,4,7-9H2,1-3H3,(H2,18,23,24). The first kappa shape index (κ1) is 18.0. The minimum atomic E-state index is -3.63. The molecule has 25 heavy (non-hydrogen) atoms. The Morgan fingerprint density at radius 1 is 1.28 bits per heavy atom. The second kappa shape index (κ2) is 6.86. The summed E-state index contributed by atoms with van der Waals surface area (Å²) in [6, 6.07) is 4.24. The van der Waals surface area contributed by atoms with E-state index in [0.29, 0.717) is 12.5 Å². The Morgan fingerprint density at radius 2 is 1.96 bits per heavy atom. The van der Waals surface area contributed by atoms with E-state index >= 15 is 0 Å². The van der Waals surface area contributed by atoms with E-state index in [1.807, 2.05) is 0 Å². The van der Waals surface area contributed by atoms with Crippen LogP contribution in [0.3, 0.4) is 0 Å². The Hall–Kier alpha value is -1.77. The molecule has 0 saturated carbocycles. The van der Waals surface area contributed by atoms with Crippen LogP contribution in [0.4, 0.5) is 5.82 Å². The van der Waals surface area contributed by atoms with Gasteiger partial charge in [-0.15, -0.1) is 0 Å². The van der Waals surface area contributed by atoms with Gasteiger partial charge in [-0.05, 0) is 48.9 Å². The summed E-state index contributed by atoms with van der Waals surface area (Å²) in [4.78, 5) is 11.1. The zero-order valence-corrected chi connectivity index (χ0v) is 15.7. The van der Waals surface area contributed by atoms with Gasteiger partial charge in [0.15, 0.2) is 0 Å². The molecule has 136 valence electrons. The molecule has 0 aliphatic carbocycles. The van der Waals surface area contributed by atoms with E-state index in [2.05, 4.69) is 52.5 Å². The van der Waals surface area contributed by atoms with Crippen molar-refractivity contribution >= 4 is 26.9 Å². The van der Waals surface area contributed by atoms with Gasteiger partial charge >= 0.3 is 0 Å². The number of fused-ring (bicyclic) bond motifs is 1. The molecular formula is C17H25N5O2S. The van der Waals surface area contributed by atoms with Gasteiger partial charge in [-0.2, -0.15) is 8.42 Å². The minimum absolute atomic E-state index is 0.270. The Balaban J connectivity index is 1.74. The minimum Gasteiger partial charge on any atom is -0.355 e. The molecule has 1 aromatic carbocycles. The van der Waals surface area contributed by atoms with Gasteiger partial charge in [0, 0.05) is 25.0 Å². The molecule has 0 spiro atoms. The Morgan fingerprint density at radius 3 is 2.60 bits per heavy atom. The molecule has 0 bridgehead atoms. The third kappa shape index (κ3) is 3.91. The molecule has 1 atom stereocenters. The molecule has 1 aliphatic heterocycles. The van der Waals surface area contributed by atoms with Crippen molar-refractivity contribution in [1.82, 2.24) is 14.7 Å². The number of nitrogens with one attached hydrogen (secondary N) is 1. The van der Waals surface area contributed by atoms with Crippen LogP contribution in [0.15, 0.2) is 18.5 Å². The molecule has 7 nitrogen and oxygen atoms in total. The number of anilines is 1. The molecule has 3 rings (SSSR count). The normalized spacial score (nSPS) is 16.9. The number of nitrogens with zero attached hydrogens (tertiary/aromatic N) is 3. The van der Waals surface area contributed by atoms with Gasteiger partial charge in [0.05, 0.1) is 5.52 Å². The number of hydrogen-bond acceptors (Lipinski definition) is 5. The van der Waals surface area contributed by atoms with Crippen LogP contribution in [0.5, 0.6) is 0 Å². The van der Waals surface area contributed by atoms with Crippen molar-refractivity contribution in [1.29, 1.82) is 0 Å². The number of aryl methyl sites for hydroxylation is 2. The fourth-order valence-electron chi connectivity index (χ4n) is 3.41. The molecular weight excluding hydrogens is 338 g/mol. The van der Waals surface area contributed by atoms with E-state index in [0.717, 1.165) is 36.2 Å². The van der Waals surface area contributed by atoms with Crippen LogP contribution >= 0.6 is 0 Å². The fourth-order valence-corrected chi connectivity index (χ4v) is 3.85. The lowest BCUT2D eigenvalue weighted by atomic mass is 9.84. The number of benzene rings is 1. The van der Waals surface area contributed by atoms with Crippen molar-refractivity contribution in [2.75, 3.05) is 24.5 Å². The molecule has 1 fully saturated rings. The summed E-state index contributed by atoms with van der Waals surface area (Å²) in [5.41, 5.74) is 3.41. The van der Waals surface area contributed by atoms with Crippen molar-refractivity contribution in [3.63, 3.8) is 0 Å². The lowest BCUT2D eigenvalue weighted by molar-refractivity contribution is 0.264. The zero-order chi connectivity index (χ0) is 18.2. The van der Waals surface area contributed by atoms with E-state index in [-0.39, 0.29) is 5.92 Å². The second-order valence-electron chi connectivity index (χ2n) is 6.88. The van der Waals surface area contributed by atoms with Gasteiger partial charge in [0.25, 0.3) is 10.2 Å². The molecule has 0 amide bonds. The van der Waals surface area contributed by atoms with E-state index < -0.39 is 10.2 Å². The van der Waals surface area contributed by atoms with Crippen LogP contribution in [0, 0.1) is 25.7 Å². The maximum atomic E-state index is 11.1. The monoisotopic (exact) mass is 363 g/mol. The highest BCUT2D eigenvalue weighted by molar-refractivity contribution is 7.87. The van der Waals surface area contributed by atoms with Gasteiger partial charge < -0.3 is 4.90 Å². The van der Waals surface area contributed by atoms with Gasteiger partial charge in [-0.25, -0.2) is 19.8 Å². The largest absolute Gasteiger partial charge is 0.355 e. The quantitative estimate of drug-likeness (QED) is 0.810. The lowest BCUT2D eigenvalue weighted by Gasteiger charge is -2.44. The highest BCUT2D eigenvalue weighted by Crippen LogP contribution is 2.33. The van der Waals surface area contributed by atoms with Gasteiger partial charge in [0.1, 0.15) is 12.1 Å². The van der Waals surface area contributed by atoms with Crippen LogP contribution < -0.4 is 14.8 Å². The highest BCUT2D eigenvalue weighted by atomic mass is 32.2. The number of aromatic nitrogens is 2. The smallest absolute Gasteiger partial charge is 0.274 e. The third-order valence-electron chi connectivity index (χ3n) is 5.18. The summed E-state index contributed by atoms with van der Waals surface area (Å²) in [6.07, 6.45) is 2.52. The first-order valence-electron chi connectivity index (χ1n) is 8.52. The summed E-state index contributed by atoms with van der Waals surface area (Å²) in [5.74, 6) is 1.65. The Bertz CT molecular complexity index is 878. The van der Waals surface area contributed by atoms with E-state index in [1.54, 1.807) is 6.33 Å². The number of nitrogens with two attached hydrogens (primary N) is 1. The molecule has 2 heterocycles. The van der Waals surface area contributed by atoms with Crippen LogP contribution in [-0.4, -0.2) is 38.0 Å². The Labute approximate surface area is 148 Å². The average molecular weight is 363 g/mol. The molecule has 1 aliphatic rings. The maximum absolute atomic E-state index is 11.1. The average Bonchev–Trinajstić information content (AvgIpc) is 2.49. The zero-order valence-electron chi connectivity index (χ0n) is 14.9. The molecule has 8 heteroatoms. The van der Waals surface area contributed by atoms with Gasteiger partial charge in [-0.1, -0.05) is 13.3 Å². The summed E-state index contributed by atoms with van der Waals surface area (Å²) < 4.78 is 24.6. The van der Waals surface area contributed by atoms with Crippen molar-refractivity contribution in [2.45, 2.75) is 27.2 Å². The number of rotatable bonds is 6. The van der Waals surface area contributed by atoms with Crippen LogP contribution in [0.25, 0.3) is 10.9 Å². The Kier molecular flexibility index (Phi) is 4.95. The van der Waals surface area contributed by atoms with Crippen LogP contribution in [-0.2, 0) is 10.2 Å². The lowest BCUT2D eigenvalue weighted by Crippen LogP contribution is -2.52. The predicted octanol–water partition coefficient (Wildman–Crippen LogP) is 1.50. The first-order valence-corrected chi connectivity index (χ1v) is 10.1. The first-order chi connectivity index (χ1) is 11.8. The topological polar surface area (TPSA) is 101 Å². The van der Waals surface area contributed by atoms with Crippen molar-refractivity contribution in [3.8, 4) is 0 Å². The predicted molar refractivity (Wildman–Crippen MR) is 99.6 cm³/mol. The fraction of sp³-hybridized carbons (Fsp3) is 0.529. The molecule has 0 radical (unpaired) electrons. The summed E-state index contributed by atoms with van der Waals surface area (Å²) in [7, 11) is -3.63. The summed E-state index contributed by atoms with van der Waals surface area (Å²) >= 11 is 0. The third-order valence-corrected chi connectivity index (χ3v) is 5.75. The van der Waals surface area contributed by atoms with E-state index in [9.17, 15) is 8.42 Å². The van der Waals surface area contributed by atoms with Crippen molar-refractivity contribution in [2.24, 2.45) is 17.0 Å². The number of hydrogen-bond donors (Lipinski definition) is 2. The van der Waals surface area contributed by atoms with Crippen molar-refractivity contribution in [3.05, 3.63) is 29.6 Å². The molecule has 1 unspecified atom stereocenters. The van der Waals surface area contributed by atoms with Gasteiger partial charge in [0.2, 0.25) is 0 Å².